The van der Waals surface area contributed by atoms with E-state index < -0.39 is 5.97 Å². The van der Waals surface area contributed by atoms with Crippen LogP contribution in [0.3, 0.4) is 0 Å². The van der Waals surface area contributed by atoms with Crippen LogP contribution in [0.4, 0.5) is 0 Å². The Labute approximate surface area is 60.8 Å². The van der Waals surface area contributed by atoms with Crippen molar-refractivity contribution in [2.75, 3.05) is 0 Å². The van der Waals surface area contributed by atoms with Crippen LogP contribution in [0.5, 0.6) is 0 Å². The molecule has 0 aromatic heterocycles. The monoisotopic (exact) mass is 106 g/mol. The van der Waals surface area contributed by atoms with Crippen molar-refractivity contribution >= 4 is 5.97 Å². The molecule has 8 heavy (non-hydrogen) atoms. The van der Waals surface area contributed by atoms with Crippen molar-refractivity contribution in [1.82, 2.24) is 0 Å². The van der Waals surface area contributed by atoms with Gasteiger partial charge in [0.25, 0.3) is 0 Å². The Morgan fingerprint density at radius 3 is 1.88 bits per heavy atom. The minimum atomic E-state index is -1.12. The number of carbonyl (C=O) groups is 1. The third-order valence-corrected chi connectivity index (χ3v) is 0.407. The second-order valence-corrected chi connectivity index (χ2v) is 1.54. The quantitative estimate of drug-likeness (QED) is 0.259. The maximum Gasteiger partial charge on any atom is 1.00 e. The topological polar surface area (TPSA) is 40.1 Å². The van der Waals surface area contributed by atoms with Gasteiger partial charge in [-0.05, 0) is 19.9 Å². The van der Waals surface area contributed by atoms with Crippen molar-refractivity contribution in [3.05, 3.63) is 11.6 Å². The Balaban J connectivity index is 0. The molecule has 0 amide bonds. The zero-order valence-corrected chi connectivity index (χ0v) is 5.39. The van der Waals surface area contributed by atoms with Crippen LogP contribution in [0.2, 0.25) is 0 Å². The van der Waals surface area contributed by atoms with Crippen LogP contribution in [0.1, 0.15) is 13.8 Å². The standard InChI is InChI=1S/C5H8O2.Li/c1-4(2)3-5(6)7;/h3H,1-2H3,(H,6,7);/q;+1/p-1. The van der Waals surface area contributed by atoms with Crippen molar-refractivity contribution in [2.24, 2.45) is 0 Å². The summed E-state index contributed by atoms with van der Waals surface area (Å²) in [6.07, 6.45) is 1.06. The smallest absolute Gasteiger partial charge is 0.545 e. The molecule has 0 rings (SSSR count). The van der Waals surface area contributed by atoms with E-state index in [1.807, 2.05) is 0 Å². The second kappa shape index (κ2) is 4.95. The maximum atomic E-state index is 9.62. The molecular formula is C5H7LiO2. The molecule has 0 aliphatic heterocycles. The van der Waals surface area contributed by atoms with Gasteiger partial charge in [0.2, 0.25) is 0 Å². The first-order valence-corrected chi connectivity index (χ1v) is 1.99. The summed E-state index contributed by atoms with van der Waals surface area (Å²) in [6, 6.07) is 0. The molecule has 0 bridgehead atoms. The summed E-state index contributed by atoms with van der Waals surface area (Å²) in [6.45, 7) is 3.41. The van der Waals surface area contributed by atoms with E-state index in [1.165, 1.54) is 0 Å². The van der Waals surface area contributed by atoms with Crippen LogP contribution >= 0.6 is 0 Å². The molecule has 0 spiro atoms. The van der Waals surface area contributed by atoms with Crippen molar-refractivity contribution in [2.45, 2.75) is 13.8 Å². The molecule has 0 saturated heterocycles. The van der Waals surface area contributed by atoms with Crippen molar-refractivity contribution in [1.29, 1.82) is 0 Å². The van der Waals surface area contributed by atoms with Gasteiger partial charge in [0, 0.05) is 0 Å². The third-order valence-electron chi connectivity index (χ3n) is 0.407. The fourth-order valence-corrected chi connectivity index (χ4v) is 0.236. The van der Waals surface area contributed by atoms with E-state index >= 15 is 0 Å². The van der Waals surface area contributed by atoms with Crippen LogP contribution in [0.25, 0.3) is 0 Å². The van der Waals surface area contributed by atoms with E-state index in [4.69, 9.17) is 0 Å². The predicted octanol–water partition coefficient (Wildman–Crippen LogP) is -3.29. The van der Waals surface area contributed by atoms with Gasteiger partial charge in [0.15, 0.2) is 0 Å². The number of carbonyl (C=O) groups excluding carboxylic acids is 1. The third kappa shape index (κ3) is 9.26. The van der Waals surface area contributed by atoms with E-state index in [9.17, 15) is 9.90 Å². The van der Waals surface area contributed by atoms with E-state index in [0.29, 0.717) is 0 Å². The summed E-state index contributed by atoms with van der Waals surface area (Å²) < 4.78 is 0. The number of carboxylic acid groups (broad SMARTS) is 1. The van der Waals surface area contributed by atoms with Gasteiger partial charge in [-0.15, -0.1) is 0 Å². The number of hydrogen-bond donors (Lipinski definition) is 0. The zero-order chi connectivity index (χ0) is 5.86. The average molecular weight is 106 g/mol. The molecule has 0 fully saturated rings. The molecule has 0 radical (unpaired) electrons. The largest absolute Gasteiger partial charge is 1.00 e. The first-order valence-electron chi connectivity index (χ1n) is 1.99. The van der Waals surface area contributed by atoms with Gasteiger partial charge in [-0.25, -0.2) is 0 Å². The molecule has 0 N–H and O–H groups in total. The molecule has 0 aromatic carbocycles. The van der Waals surface area contributed by atoms with E-state index in [-0.39, 0.29) is 18.9 Å². The summed E-state index contributed by atoms with van der Waals surface area (Å²) >= 11 is 0. The fourth-order valence-electron chi connectivity index (χ4n) is 0.236. The average Bonchev–Trinajstić information content (AvgIpc) is 1.27. The zero-order valence-electron chi connectivity index (χ0n) is 5.39. The Hall–Kier alpha value is -0.193. The predicted molar refractivity (Wildman–Crippen MR) is 24.4 cm³/mol. The van der Waals surface area contributed by atoms with Gasteiger partial charge in [0.05, 0.1) is 5.97 Å². The molecule has 2 nitrogen and oxygen atoms in total. The molecule has 0 aromatic rings. The number of aliphatic carboxylic acids is 1. The fraction of sp³-hybridized carbons (Fsp3) is 0.400. The minimum Gasteiger partial charge on any atom is -0.545 e. The maximum absolute atomic E-state index is 9.62. The van der Waals surface area contributed by atoms with Gasteiger partial charge in [-0.2, -0.15) is 0 Å². The van der Waals surface area contributed by atoms with E-state index in [0.717, 1.165) is 11.6 Å². The van der Waals surface area contributed by atoms with Crippen LogP contribution in [-0.2, 0) is 4.79 Å². The number of hydrogen-bond acceptors (Lipinski definition) is 2. The number of carboxylic acids is 1. The van der Waals surface area contributed by atoms with Crippen molar-refractivity contribution in [3.8, 4) is 0 Å². The van der Waals surface area contributed by atoms with E-state index in [2.05, 4.69) is 0 Å². The molecule has 40 valence electrons. The number of allylic oxidation sites excluding steroid dienone is 1. The first-order chi connectivity index (χ1) is 3.13. The van der Waals surface area contributed by atoms with Crippen LogP contribution < -0.4 is 24.0 Å². The molecular weight excluding hydrogens is 99.0 g/mol. The van der Waals surface area contributed by atoms with Crippen molar-refractivity contribution in [3.63, 3.8) is 0 Å². The van der Waals surface area contributed by atoms with Gasteiger partial charge < -0.3 is 9.90 Å². The SMILES string of the molecule is CC(C)=CC(=O)[O-].[Li+]. The molecule has 0 aliphatic carbocycles. The summed E-state index contributed by atoms with van der Waals surface area (Å²) in [7, 11) is 0. The second-order valence-electron chi connectivity index (χ2n) is 1.54. The Morgan fingerprint density at radius 1 is 1.50 bits per heavy atom. The molecule has 0 unspecified atom stereocenters. The Morgan fingerprint density at radius 2 is 1.88 bits per heavy atom. The first kappa shape index (κ1) is 10.7. The Bertz CT molecular complexity index is 103. The molecule has 0 aliphatic rings. The van der Waals surface area contributed by atoms with Gasteiger partial charge in [-0.3, -0.25) is 0 Å². The number of rotatable bonds is 1. The summed E-state index contributed by atoms with van der Waals surface area (Å²) in [5.41, 5.74) is 0.750. The normalized spacial score (nSPS) is 6.75. The molecule has 0 heterocycles. The summed E-state index contributed by atoms with van der Waals surface area (Å²) in [5, 5.41) is 9.62. The van der Waals surface area contributed by atoms with E-state index in [1.54, 1.807) is 13.8 Å². The van der Waals surface area contributed by atoms with Crippen LogP contribution in [0.15, 0.2) is 11.6 Å². The summed E-state index contributed by atoms with van der Waals surface area (Å²) in [4.78, 5) is 9.62. The molecule has 0 atom stereocenters. The Kier molecular flexibility index (Phi) is 6.64. The minimum absolute atomic E-state index is 0. The molecule has 0 saturated carbocycles. The van der Waals surface area contributed by atoms with Crippen molar-refractivity contribution < 1.29 is 28.8 Å². The van der Waals surface area contributed by atoms with Crippen LogP contribution in [-0.4, -0.2) is 5.97 Å². The molecule has 3 heteroatoms. The van der Waals surface area contributed by atoms with Crippen LogP contribution in [0, 0.1) is 0 Å². The van der Waals surface area contributed by atoms with Gasteiger partial charge in [-0.1, -0.05) is 5.57 Å². The van der Waals surface area contributed by atoms with Gasteiger partial charge >= 0.3 is 18.9 Å². The summed E-state index contributed by atoms with van der Waals surface area (Å²) in [5.74, 6) is -1.12. The van der Waals surface area contributed by atoms with Gasteiger partial charge in [0.1, 0.15) is 0 Å².